The van der Waals surface area contributed by atoms with Gasteiger partial charge in [-0.15, -0.1) is 0 Å². The Hall–Kier alpha value is -1.80. The third-order valence-corrected chi connectivity index (χ3v) is 4.10. The summed E-state index contributed by atoms with van der Waals surface area (Å²) in [7, 11) is 2.18. The van der Waals surface area contributed by atoms with Crippen molar-refractivity contribution in [1.29, 1.82) is 0 Å². The summed E-state index contributed by atoms with van der Waals surface area (Å²) in [4.78, 5) is 2.35. The van der Waals surface area contributed by atoms with Crippen LogP contribution in [0.25, 0.3) is 0 Å². The summed E-state index contributed by atoms with van der Waals surface area (Å²) in [6, 6.07) is 19.6. The Morgan fingerprint density at radius 2 is 1.70 bits per heavy atom. The first-order valence-corrected chi connectivity index (χ1v) is 7.42. The molecule has 1 aliphatic heterocycles. The molecule has 1 N–H and O–H groups in total. The van der Waals surface area contributed by atoms with Crippen molar-refractivity contribution >= 4 is 5.69 Å². The third-order valence-electron chi connectivity index (χ3n) is 4.10. The van der Waals surface area contributed by atoms with Crippen LogP contribution in [-0.2, 0) is 6.42 Å². The van der Waals surface area contributed by atoms with E-state index in [9.17, 15) is 0 Å². The highest BCUT2D eigenvalue weighted by Gasteiger charge is 2.18. The number of anilines is 1. The van der Waals surface area contributed by atoms with Crippen molar-refractivity contribution in [2.75, 3.05) is 18.5 Å². The lowest BCUT2D eigenvalue weighted by Gasteiger charge is -2.26. The molecule has 1 saturated heterocycles. The van der Waals surface area contributed by atoms with Crippen LogP contribution in [0, 0.1) is 0 Å². The van der Waals surface area contributed by atoms with E-state index < -0.39 is 0 Å². The van der Waals surface area contributed by atoms with Gasteiger partial charge in [0.15, 0.2) is 0 Å². The van der Waals surface area contributed by atoms with Crippen LogP contribution in [0.1, 0.15) is 24.0 Å². The molecule has 0 radical (unpaired) electrons. The molecule has 2 heteroatoms. The molecule has 1 aliphatic rings. The van der Waals surface area contributed by atoms with Crippen LogP contribution in [0.4, 0.5) is 5.69 Å². The van der Waals surface area contributed by atoms with Crippen LogP contribution in [0.5, 0.6) is 0 Å². The molecule has 2 aromatic carbocycles. The molecule has 0 unspecified atom stereocenters. The van der Waals surface area contributed by atoms with Crippen LogP contribution in [0.2, 0.25) is 0 Å². The molecule has 2 nitrogen and oxygen atoms in total. The Bertz CT molecular complexity index is 527. The minimum absolute atomic E-state index is 0.495. The van der Waals surface area contributed by atoms with Gasteiger partial charge in [0.05, 0.1) is 6.17 Å². The van der Waals surface area contributed by atoms with Crippen molar-refractivity contribution in [2.45, 2.75) is 25.4 Å². The Kier molecular flexibility index (Phi) is 4.03. The third kappa shape index (κ3) is 3.02. The predicted molar refractivity (Wildman–Crippen MR) is 85.1 cm³/mol. The van der Waals surface area contributed by atoms with Gasteiger partial charge in [-0.1, -0.05) is 42.5 Å². The van der Waals surface area contributed by atoms with Crippen LogP contribution >= 0.6 is 0 Å². The van der Waals surface area contributed by atoms with Crippen molar-refractivity contribution in [3.63, 3.8) is 0 Å². The van der Waals surface area contributed by atoms with Crippen LogP contribution in [0.15, 0.2) is 54.6 Å². The van der Waals surface area contributed by atoms with E-state index in [2.05, 4.69) is 71.9 Å². The summed E-state index contributed by atoms with van der Waals surface area (Å²) < 4.78 is 0. The maximum atomic E-state index is 3.54. The number of benzene rings is 2. The zero-order chi connectivity index (χ0) is 13.8. The molecule has 0 bridgehead atoms. The number of nitrogens with zero attached hydrogens (tertiary/aromatic N) is 1. The monoisotopic (exact) mass is 266 g/mol. The highest BCUT2D eigenvalue weighted by atomic mass is 15.3. The lowest BCUT2D eigenvalue weighted by atomic mass is 10.0. The second-order valence-corrected chi connectivity index (χ2v) is 5.55. The average molecular weight is 266 g/mol. The van der Waals surface area contributed by atoms with Crippen LogP contribution in [-0.4, -0.2) is 19.8 Å². The summed E-state index contributed by atoms with van der Waals surface area (Å²) in [5, 5.41) is 3.54. The average Bonchev–Trinajstić information content (AvgIpc) is 3.03. The molecule has 0 saturated carbocycles. The SMILES string of the molecule is CN(c1ccc(Cc2ccccc2)cc1)[C@@H]1CCCN1. The Morgan fingerprint density at radius 3 is 2.35 bits per heavy atom. The lowest BCUT2D eigenvalue weighted by Crippen LogP contribution is -2.39. The second kappa shape index (κ2) is 6.10. The van der Waals surface area contributed by atoms with E-state index in [1.165, 1.54) is 29.7 Å². The minimum Gasteiger partial charge on any atom is -0.359 e. The van der Waals surface area contributed by atoms with Gasteiger partial charge in [-0.2, -0.15) is 0 Å². The molecule has 1 fully saturated rings. The molecule has 0 spiro atoms. The van der Waals surface area contributed by atoms with Gasteiger partial charge in [-0.25, -0.2) is 0 Å². The van der Waals surface area contributed by atoms with E-state index in [-0.39, 0.29) is 0 Å². The van der Waals surface area contributed by atoms with Gasteiger partial charge in [0.1, 0.15) is 0 Å². The molecule has 1 atom stereocenters. The van der Waals surface area contributed by atoms with Gasteiger partial charge >= 0.3 is 0 Å². The molecule has 0 aromatic heterocycles. The Labute approximate surface area is 121 Å². The summed E-state index contributed by atoms with van der Waals surface area (Å²) in [6.07, 6.45) is 4.02. The van der Waals surface area contributed by atoms with E-state index in [4.69, 9.17) is 0 Å². The van der Waals surface area contributed by atoms with Crippen molar-refractivity contribution in [3.8, 4) is 0 Å². The second-order valence-electron chi connectivity index (χ2n) is 5.55. The number of hydrogen-bond acceptors (Lipinski definition) is 2. The molecule has 0 amide bonds. The number of nitrogens with one attached hydrogen (secondary N) is 1. The number of hydrogen-bond donors (Lipinski definition) is 1. The summed E-state index contributed by atoms with van der Waals surface area (Å²) >= 11 is 0. The Balaban J connectivity index is 1.68. The molecule has 1 heterocycles. The zero-order valence-corrected chi connectivity index (χ0v) is 12.0. The summed E-state index contributed by atoms with van der Waals surface area (Å²) in [6.45, 7) is 1.14. The largest absolute Gasteiger partial charge is 0.359 e. The zero-order valence-electron chi connectivity index (χ0n) is 12.0. The van der Waals surface area contributed by atoms with Gasteiger partial charge in [0, 0.05) is 12.7 Å². The van der Waals surface area contributed by atoms with Crippen LogP contribution in [0.3, 0.4) is 0 Å². The normalized spacial score (nSPS) is 18.1. The van der Waals surface area contributed by atoms with E-state index in [0.29, 0.717) is 6.17 Å². The fraction of sp³-hybridized carbons (Fsp3) is 0.333. The summed E-state index contributed by atoms with van der Waals surface area (Å²) in [5.41, 5.74) is 4.03. The standard InChI is InChI=1S/C18H22N2/c1-20(18-8-5-13-19-18)17-11-9-16(10-12-17)14-15-6-3-2-4-7-15/h2-4,6-7,9-12,18-19H,5,8,13-14H2,1H3/t18-/m1/s1. The smallest absolute Gasteiger partial charge is 0.0793 e. The molecule has 0 aliphatic carbocycles. The van der Waals surface area contributed by atoms with Crippen molar-refractivity contribution in [2.24, 2.45) is 0 Å². The fourth-order valence-electron chi connectivity index (χ4n) is 2.86. The quantitative estimate of drug-likeness (QED) is 0.912. The van der Waals surface area contributed by atoms with Gasteiger partial charge in [0.2, 0.25) is 0 Å². The Morgan fingerprint density at radius 1 is 1.00 bits per heavy atom. The lowest BCUT2D eigenvalue weighted by molar-refractivity contribution is 0.594. The molecular formula is C18H22N2. The molecule has 3 rings (SSSR count). The first-order valence-electron chi connectivity index (χ1n) is 7.42. The number of rotatable bonds is 4. The fourth-order valence-corrected chi connectivity index (χ4v) is 2.86. The first-order chi connectivity index (χ1) is 9.83. The van der Waals surface area contributed by atoms with Crippen molar-refractivity contribution < 1.29 is 0 Å². The van der Waals surface area contributed by atoms with Gasteiger partial charge in [-0.05, 0) is 49.1 Å². The minimum atomic E-state index is 0.495. The van der Waals surface area contributed by atoms with Gasteiger partial charge < -0.3 is 4.90 Å². The van der Waals surface area contributed by atoms with Crippen molar-refractivity contribution in [1.82, 2.24) is 5.32 Å². The highest BCUT2D eigenvalue weighted by molar-refractivity contribution is 5.48. The highest BCUT2D eigenvalue weighted by Crippen LogP contribution is 2.20. The topological polar surface area (TPSA) is 15.3 Å². The molecular weight excluding hydrogens is 244 g/mol. The molecule has 20 heavy (non-hydrogen) atoms. The first kappa shape index (κ1) is 13.2. The molecule has 2 aromatic rings. The predicted octanol–water partition coefficient (Wildman–Crippen LogP) is 3.42. The molecule has 104 valence electrons. The van der Waals surface area contributed by atoms with E-state index >= 15 is 0 Å². The maximum Gasteiger partial charge on any atom is 0.0793 e. The summed E-state index contributed by atoms with van der Waals surface area (Å²) in [5.74, 6) is 0. The van der Waals surface area contributed by atoms with Gasteiger partial charge in [-0.3, -0.25) is 5.32 Å². The van der Waals surface area contributed by atoms with Gasteiger partial charge in [0.25, 0.3) is 0 Å². The van der Waals surface area contributed by atoms with Crippen LogP contribution < -0.4 is 10.2 Å². The van der Waals surface area contributed by atoms with E-state index in [1.54, 1.807) is 0 Å². The maximum absolute atomic E-state index is 3.54. The van der Waals surface area contributed by atoms with E-state index in [1.807, 2.05) is 0 Å². The van der Waals surface area contributed by atoms with E-state index in [0.717, 1.165) is 13.0 Å². The van der Waals surface area contributed by atoms with Crippen molar-refractivity contribution in [3.05, 3.63) is 65.7 Å².